The van der Waals surface area contributed by atoms with Crippen LogP contribution in [-0.2, 0) is 24.3 Å². The summed E-state index contributed by atoms with van der Waals surface area (Å²) in [5, 5.41) is 0. The second-order valence-electron chi connectivity index (χ2n) is 6.84. The first-order chi connectivity index (χ1) is 15.5. The fourth-order valence-corrected chi connectivity index (χ4v) is 4.41. The maximum absolute atomic E-state index is 12.6. The highest BCUT2D eigenvalue weighted by atomic mass is 32.2. The van der Waals surface area contributed by atoms with Gasteiger partial charge in [0, 0.05) is 19.2 Å². The summed E-state index contributed by atoms with van der Waals surface area (Å²) in [6.45, 7) is 4.33. The van der Waals surface area contributed by atoms with E-state index in [1.54, 1.807) is 30.3 Å². The zero-order valence-electron chi connectivity index (χ0n) is 17.9. The molecule has 172 valence electrons. The minimum atomic E-state index is -3.54. The van der Waals surface area contributed by atoms with Gasteiger partial charge in [-0.1, -0.05) is 12.1 Å². The number of carbonyl (C=O) groups excluding carboxylic acids is 1. The Morgan fingerprint density at radius 1 is 0.969 bits per heavy atom. The average Bonchev–Trinajstić information content (AvgIpc) is 2.82. The van der Waals surface area contributed by atoms with Gasteiger partial charge in [0.15, 0.2) is 0 Å². The van der Waals surface area contributed by atoms with Crippen molar-refractivity contribution in [1.82, 2.24) is 4.31 Å². The van der Waals surface area contributed by atoms with E-state index in [1.807, 2.05) is 19.1 Å². The van der Waals surface area contributed by atoms with Gasteiger partial charge >= 0.3 is 5.97 Å². The molecule has 0 unspecified atom stereocenters. The summed E-state index contributed by atoms with van der Waals surface area (Å²) in [4.78, 5) is 12.1. The number of hydrogen-bond donors (Lipinski definition) is 0. The second kappa shape index (κ2) is 11.7. The summed E-state index contributed by atoms with van der Waals surface area (Å²) in [5.41, 5.74) is 0.688. The normalized spacial score (nSPS) is 14.9. The zero-order chi connectivity index (χ0) is 22.8. The predicted octanol–water partition coefficient (Wildman–Crippen LogP) is 2.74. The minimum Gasteiger partial charge on any atom is -0.494 e. The van der Waals surface area contributed by atoms with Gasteiger partial charge in [-0.15, -0.1) is 0 Å². The van der Waals surface area contributed by atoms with Gasteiger partial charge in [0.25, 0.3) is 0 Å². The molecule has 1 aliphatic rings. The molecule has 1 heterocycles. The van der Waals surface area contributed by atoms with Gasteiger partial charge < -0.3 is 18.9 Å². The molecule has 0 aliphatic carbocycles. The van der Waals surface area contributed by atoms with Crippen LogP contribution in [0.25, 0.3) is 6.08 Å². The Balaban J connectivity index is 1.43. The van der Waals surface area contributed by atoms with Gasteiger partial charge in [-0.3, -0.25) is 0 Å². The summed E-state index contributed by atoms with van der Waals surface area (Å²) in [7, 11) is -3.54. The SMILES string of the molecule is CCOc1ccc(OCCOC(=O)/C=C/c2ccc(S(=O)(=O)N3CCOCC3)cc2)cc1. The van der Waals surface area contributed by atoms with Crippen LogP contribution in [0.15, 0.2) is 59.5 Å². The van der Waals surface area contributed by atoms with E-state index in [4.69, 9.17) is 18.9 Å². The van der Waals surface area contributed by atoms with Crippen molar-refractivity contribution in [3.05, 3.63) is 60.2 Å². The molecule has 0 N–H and O–H groups in total. The Morgan fingerprint density at radius 2 is 1.59 bits per heavy atom. The third kappa shape index (κ3) is 6.81. The number of benzene rings is 2. The number of rotatable bonds is 10. The Kier molecular flexibility index (Phi) is 8.66. The monoisotopic (exact) mass is 461 g/mol. The van der Waals surface area contributed by atoms with Crippen molar-refractivity contribution in [2.24, 2.45) is 0 Å². The molecule has 0 spiro atoms. The fourth-order valence-electron chi connectivity index (χ4n) is 3.00. The summed E-state index contributed by atoms with van der Waals surface area (Å²) >= 11 is 0. The fraction of sp³-hybridized carbons (Fsp3) is 0.348. The standard InChI is InChI=1S/C23H27NO7S/c1-2-29-20-6-8-21(9-7-20)30-17-18-31-23(25)12-5-19-3-10-22(11-4-19)32(26,27)24-13-15-28-16-14-24/h3-12H,2,13-18H2,1H3/b12-5+. The number of esters is 1. The van der Waals surface area contributed by atoms with Crippen LogP contribution in [0.5, 0.6) is 11.5 Å². The average molecular weight is 462 g/mol. The van der Waals surface area contributed by atoms with Gasteiger partial charge in [0.2, 0.25) is 10.0 Å². The first kappa shape index (κ1) is 23.8. The van der Waals surface area contributed by atoms with Gasteiger partial charge in [-0.05, 0) is 55.0 Å². The Hall–Kier alpha value is -2.88. The van der Waals surface area contributed by atoms with Crippen molar-refractivity contribution in [1.29, 1.82) is 0 Å². The molecule has 2 aromatic carbocycles. The van der Waals surface area contributed by atoms with E-state index in [0.29, 0.717) is 44.2 Å². The quantitative estimate of drug-likeness (QED) is 0.305. The number of nitrogens with zero attached hydrogens (tertiary/aromatic N) is 1. The molecule has 0 saturated carbocycles. The third-order valence-electron chi connectivity index (χ3n) is 4.63. The lowest BCUT2D eigenvalue weighted by atomic mass is 10.2. The number of sulfonamides is 1. The molecule has 0 bridgehead atoms. The van der Waals surface area contributed by atoms with Crippen LogP contribution in [-0.4, -0.2) is 64.8 Å². The van der Waals surface area contributed by atoms with E-state index in [2.05, 4.69) is 0 Å². The maximum atomic E-state index is 12.6. The zero-order valence-corrected chi connectivity index (χ0v) is 18.8. The van der Waals surface area contributed by atoms with Crippen molar-refractivity contribution < 1.29 is 32.2 Å². The summed E-state index contributed by atoms with van der Waals surface area (Å²) in [6.07, 6.45) is 2.86. The van der Waals surface area contributed by atoms with E-state index < -0.39 is 16.0 Å². The summed E-state index contributed by atoms with van der Waals surface area (Å²) in [5.74, 6) is 0.917. The van der Waals surface area contributed by atoms with Crippen molar-refractivity contribution in [2.75, 3.05) is 46.1 Å². The highest BCUT2D eigenvalue weighted by molar-refractivity contribution is 7.89. The molecule has 1 saturated heterocycles. The predicted molar refractivity (Wildman–Crippen MR) is 119 cm³/mol. The minimum absolute atomic E-state index is 0.104. The van der Waals surface area contributed by atoms with E-state index in [9.17, 15) is 13.2 Å². The van der Waals surface area contributed by atoms with Gasteiger partial charge in [-0.25, -0.2) is 13.2 Å². The maximum Gasteiger partial charge on any atom is 0.330 e. The number of hydrogen-bond acceptors (Lipinski definition) is 7. The molecule has 1 fully saturated rings. The Labute approximate surface area is 188 Å². The Bertz CT molecular complexity index is 996. The third-order valence-corrected chi connectivity index (χ3v) is 6.54. The van der Waals surface area contributed by atoms with Crippen LogP contribution in [0.4, 0.5) is 0 Å². The molecular formula is C23H27NO7S. The Morgan fingerprint density at radius 3 is 2.22 bits per heavy atom. The lowest BCUT2D eigenvalue weighted by molar-refractivity contribution is -0.138. The van der Waals surface area contributed by atoms with Gasteiger partial charge in [0.05, 0.1) is 24.7 Å². The summed E-state index contributed by atoms with van der Waals surface area (Å²) < 4.78 is 47.9. The van der Waals surface area contributed by atoms with E-state index in [1.165, 1.54) is 22.5 Å². The smallest absolute Gasteiger partial charge is 0.330 e. The van der Waals surface area contributed by atoms with Crippen molar-refractivity contribution in [3.8, 4) is 11.5 Å². The molecular weight excluding hydrogens is 434 g/mol. The summed E-state index contributed by atoms with van der Waals surface area (Å²) in [6, 6.07) is 13.5. The van der Waals surface area contributed by atoms with E-state index >= 15 is 0 Å². The highest BCUT2D eigenvalue weighted by Crippen LogP contribution is 2.19. The number of morpholine rings is 1. The molecule has 3 rings (SSSR count). The highest BCUT2D eigenvalue weighted by Gasteiger charge is 2.25. The first-order valence-corrected chi connectivity index (χ1v) is 11.8. The molecule has 32 heavy (non-hydrogen) atoms. The molecule has 2 aromatic rings. The van der Waals surface area contributed by atoms with Crippen LogP contribution in [0.1, 0.15) is 12.5 Å². The molecule has 0 radical (unpaired) electrons. The number of carbonyl (C=O) groups is 1. The van der Waals surface area contributed by atoms with Crippen LogP contribution < -0.4 is 9.47 Å². The van der Waals surface area contributed by atoms with Crippen LogP contribution in [0.3, 0.4) is 0 Å². The second-order valence-corrected chi connectivity index (χ2v) is 8.78. The molecule has 1 aliphatic heterocycles. The van der Waals surface area contributed by atoms with E-state index in [0.717, 1.165) is 5.75 Å². The van der Waals surface area contributed by atoms with E-state index in [-0.39, 0.29) is 18.1 Å². The molecule has 8 nitrogen and oxygen atoms in total. The number of ether oxygens (including phenoxy) is 4. The van der Waals surface area contributed by atoms with Crippen LogP contribution >= 0.6 is 0 Å². The van der Waals surface area contributed by atoms with Gasteiger partial charge in [-0.2, -0.15) is 4.31 Å². The lowest BCUT2D eigenvalue weighted by Crippen LogP contribution is -2.40. The van der Waals surface area contributed by atoms with Crippen molar-refractivity contribution >= 4 is 22.1 Å². The topological polar surface area (TPSA) is 91.4 Å². The van der Waals surface area contributed by atoms with Crippen LogP contribution in [0.2, 0.25) is 0 Å². The molecule has 9 heteroatoms. The first-order valence-electron chi connectivity index (χ1n) is 10.4. The van der Waals surface area contributed by atoms with Gasteiger partial charge in [0.1, 0.15) is 24.7 Å². The molecule has 0 atom stereocenters. The van der Waals surface area contributed by atoms with Crippen molar-refractivity contribution in [2.45, 2.75) is 11.8 Å². The molecule has 0 aromatic heterocycles. The lowest BCUT2D eigenvalue weighted by Gasteiger charge is -2.26. The largest absolute Gasteiger partial charge is 0.494 e. The molecule has 0 amide bonds. The van der Waals surface area contributed by atoms with Crippen LogP contribution in [0, 0.1) is 0 Å². The van der Waals surface area contributed by atoms with Crippen molar-refractivity contribution in [3.63, 3.8) is 0 Å².